The lowest BCUT2D eigenvalue weighted by atomic mass is 10.0. The molecule has 81 heavy (non-hydrogen) atoms. The van der Waals surface area contributed by atoms with Gasteiger partial charge < -0.3 is 14.2 Å². The van der Waals surface area contributed by atoms with Crippen molar-refractivity contribution in [3.63, 3.8) is 0 Å². The molecule has 0 heterocycles. The number of hydrogen-bond acceptors (Lipinski definition) is 6. The van der Waals surface area contributed by atoms with Crippen molar-refractivity contribution in [3.8, 4) is 0 Å². The lowest BCUT2D eigenvalue weighted by Gasteiger charge is -2.18. The van der Waals surface area contributed by atoms with Crippen LogP contribution in [0.3, 0.4) is 0 Å². The molecule has 0 fully saturated rings. The van der Waals surface area contributed by atoms with Gasteiger partial charge in [0, 0.05) is 19.3 Å². The highest BCUT2D eigenvalue weighted by Crippen LogP contribution is 2.17. The minimum absolute atomic E-state index is 0.0795. The Labute approximate surface area is 503 Å². The van der Waals surface area contributed by atoms with Crippen LogP contribution in [-0.2, 0) is 28.6 Å². The van der Waals surface area contributed by atoms with Crippen LogP contribution in [0.15, 0.2) is 85.1 Å². The number of ether oxygens (including phenoxy) is 3. The van der Waals surface area contributed by atoms with Crippen molar-refractivity contribution < 1.29 is 28.6 Å². The zero-order valence-electron chi connectivity index (χ0n) is 53.8. The SMILES string of the molecule is CC/C=C\C/C=C\C/C=C\C/C=C\CCCCCCCCCCC(=O)OC(COC(=O)CCCCCCC/C=C\CCCC)COC(=O)CCCCCCCCCCCCCCCCCCCCC/C=C\C/C=C\CCCCCCC. The molecule has 6 heteroatoms. The summed E-state index contributed by atoms with van der Waals surface area (Å²) in [6, 6.07) is 0. The molecule has 0 aromatic carbocycles. The molecule has 0 radical (unpaired) electrons. The second-order valence-electron chi connectivity index (χ2n) is 23.4. The van der Waals surface area contributed by atoms with E-state index in [1.54, 1.807) is 0 Å². The van der Waals surface area contributed by atoms with Gasteiger partial charge in [-0.2, -0.15) is 0 Å². The maximum atomic E-state index is 12.9. The molecule has 0 saturated carbocycles. The molecule has 6 nitrogen and oxygen atoms in total. The molecule has 0 bridgehead atoms. The van der Waals surface area contributed by atoms with Crippen LogP contribution in [0, 0.1) is 0 Å². The van der Waals surface area contributed by atoms with E-state index in [4.69, 9.17) is 14.2 Å². The minimum atomic E-state index is -0.784. The number of allylic oxidation sites excluding steroid dienone is 14. The normalized spacial score (nSPS) is 12.6. The van der Waals surface area contributed by atoms with Gasteiger partial charge in [-0.1, -0.05) is 311 Å². The first-order valence-electron chi connectivity index (χ1n) is 35.1. The minimum Gasteiger partial charge on any atom is -0.462 e. The quantitative estimate of drug-likeness (QED) is 0.0261. The maximum Gasteiger partial charge on any atom is 0.306 e. The molecule has 0 saturated heterocycles. The van der Waals surface area contributed by atoms with E-state index in [-0.39, 0.29) is 31.1 Å². The Bertz CT molecular complexity index is 1530. The summed E-state index contributed by atoms with van der Waals surface area (Å²) < 4.78 is 16.9. The van der Waals surface area contributed by atoms with E-state index in [9.17, 15) is 14.4 Å². The van der Waals surface area contributed by atoms with Crippen LogP contribution in [-0.4, -0.2) is 37.2 Å². The Balaban J connectivity index is 4.17. The van der Waals surface area contributed by atoms with Gasteiger partial charge >= 0.3 is 17.9 Å². The van der Waals surface area contributed by atoms with Gasteiger partial charge in [0.1, 0.15) is 13.2 Å². The fourth-order valence-electron chi connectivity index (χ4n) is 10.1. The maximum absolute atomic E-state index is 12.9. The summed E-state index contributed by atoms with van der Waals surface area (Å²) >= 11 is 0. The van der Waals surface area contributed by atoms with Gasteiger partial charge in [-0.05, 0) is 109 Å². The summed E-state index contributed by atoms with van der Waals surface area (Å²) in [5, 5.41) is 0. The lowest BCUT2D eigenvalue weighted by Crippen LogP contribution is -2.30. The number of rotatable bonds is 64. The van der Waals surface area contributed by atoms with Crippen molar-refractivity contribution in [2.75, 3.05) is 13.2 Å². The second kappa shape index (κ2) is 69.1. The van der Waals surface area contributed by atoms with E-state index in [0.29, 0.717) is 19.3 Å². The third-order valence-corrected chi connectivity index (χ3v) is 15.4. The monoisotopic (exact) mass is 1130 g/mol. The van der Waals surface area contributed by atoms with E-state index in [1.807, 2.05) is 0 Å². The third-order valence-electron chi connectivity index (χ3n) is 15.4. The van der Waals surface area contributed by atoms with E-state index in [0.717, 1.165) is 103 Å². The van der Waals surface area contributed by atoms with Gasteiger partial charge in [-0.3, -0.25) is 14.4 Å². The predicted octanol–water partition coefficient (Wildman–Crippen LogP) is 24.2. The summed E-state index contributed by atoms with van der Waals surface area (Å²) in [7, 11) is 0. The van der Waals surface area contributed by atoms with Crippen molar-refractivity contribution in [2.24, 2.45) is 0 Å². The molecule has 0 aliphatic heterocycles. The molecule has 0 aromatic rings. The lowest BCUT2D eigenvalue weighted by molar-refractivity contribution is -0.167. The van der Waals surface area contributed by atoms with Gasteiger partial charge in [-0.25, -0.2) is 0 Å². The van der Waals surface area contributed by atoms with E-state index < -0.39 is 6.10 Å². The zero-order chi connectivity index (χ0) is 58.5. The molecule has 0 aromatic heterocycles. The summed E-state index contributed by atoms with van der Waals surface area (Å²) in [6.07, 6.45) is 91.9. The molecule has 468 valence electrons. The second-order valence-corrected chi connectivity index (χ2v) is 23.4. The summed E-state index contributed by atoms with van der Waals surface area (Å²) in [5.74, 6) is -0.882. The van der Waals surface area contributed by atoms with E-state index >= 15 is 0 Å². The molecular weight excluding hydrogens is 997 g/mol. The molecule has 1 unspecified atom stereocenters. The molecule has 1 atom stereocenters. The largest absolute Gasteiger partial charge is 0.462 e. The van der Waals surface area contributed by atoms with E-state index in [2.05, 4.69) is 106 Å². The Hall–Kier alpha value is -3.41. The van der Waals surface area contributed by atoms with Crippen LogP contribution in [0.4, 0.5) is 0 Å². The highest BCUT2D eigenvalue weighted by molar-refractivity contribution is 5.71. The van der Waals surface area contributed by atoms with Gasteiger partial charge in [0.25, 0.3) is 0 Å². The van der Waals surface area contributed by atoms with Gasteiger partial charge in [0.2, 0.25) is 0 Å². The molecule has 0 aliphatic carbocycles. The van der Waals surface area contributed by atoms with Crippen molar-refractivity contribution in [1.29, 1.82) is 0 Å². The average Bonchev–Trinajstić information content (AvgIpc) is 3.47. The first kappa shape index (κ1) is 77.6. The average molecular weight is 1130 g/mol. The van der Waals surface area contributed by atoms with E-state index in [1.165, 1.54) is 212 Å². The van der Waals surface area contributed by atoms with Crippen LogP contribution in [0.1, 0.15) is 355 Å². The topological polar surface area (TPSA) is 78.9 Å². The Morgan fingerprint density at radius 2 is 0.494 bits per heavy atom. The van der Waals surface area contributed by atoms with Crippen LogP contribution < -0.4 is 0 Å². The molecule has 0 amide bonds. The molecule has 0 N–H and O–H groups in total. The highest BCUT2D eigenvalue weighted by atomic mass is 16.6. The molecular formula is C75H132O6. The van der Waals surface area contributed by atoms with Crippen LogP contribution in [0.25, 0.3) is 0 Å². The van der Waals surface area contributed by atoms with Crippen LogP contribution in [0.5, 0.6) is 0 Å². The standard InChI is InChI=1S/C75H132O6/c1-4-7-10-13-16-19-22-24-26-28-30-32-33-34-35-36-37-38-39-40-41-43-44-46-48-50-53-56-59-62-65-68-74(77)80-71-72(70-79-73(76)67-64-61-58-55-52-21-18-15-12-9-6-3)81-75(78)69-66-63-60-57-54-51-49-47-45-42-31-29-27-25-23-20-17-14-11-8-5-2/h8,11,15,17-18,20,22,24-25,27-28,30-31,42,72H,4-7,9-10,12-14,16,19,21,23,26,29,32-41,43-71H2,1-3H3/b11-8-,18-15-,20-17-,24-22-,27-25-,30-28-,42-31-. The van der Waals surface area contributed by atoms with Crippen molar-refractivity contribution >= 4 is 17.9 Å². The highest BCUT2D eigenvalue weighted by Gasteiger charge is 2.19. The smallest absolute Gasteiger partial charge is 0.306 e. The molecule has 0 rings (SSSR count). The van der Waals surface area contributed by atoms with Gasteiger partial charge in [0.15, 0.2) is 6.10 Å². The molecule has 0 aliphatic rings. The number of carbonyl (C=O) groups is 3. The summed E-state index contributed by atoms with van der Waals surface area (Å²) in [4.78, 5) is 38.3. The van der Waals surface area contributed by atoms with Gasteiger partial charge in [0.05, 0.1) is 0 Å². The van der Waals surface area contributed by atoms with Crippen LogP contribution >= 0.6 is 0 Å². The van der Waals surface area contributed by atoms with Crippen molar-refractivity contribution in [1.82, 2.24) is 0 Å². The fraction of sp³-hybridized carbons (Fsp3) is 0.773. The number of hydrogen-bond donors (Lipinski definition) is 0. The first-order valence-corrected chi connectivity index (χ1v) is 35.1. The number of carbonyl (C=O) groups excluding carboxylic acids is 3. The first-order chi connectivity index (χ1) is 40.0. The summed E-state index contributed by atoms with van der Waals surface area (Å²) in [5.41, 5.74) is 0. The Morgan fingerprint density at radius 3 is 0.802 bits per heavy atom. The number of unbranched alkanes of at least 4 members (excludes halogenated alkanes) is 39. The molecule has 0 spiro atoms. The van der Waals surface area contributed by atoms with Crippen molar-refractivity contribution in [2.45, 2.75) is 361 Å². The Morgan fingerprint density at radius 1 is 0.259 bits per heavy atom. The fourth-order valence-corrected chi connectivity index (χ4v) is 10.1. The third kappa shape index (κ3) is 67.3. The Kier molecular flexibility index (Phi) is 66.2. The van der Waals surface area contributed by atoms with Gasteiger partial charge in [-0.15, -0.1) is 0 Å². The predicted molar refractivity (Wildman–Crippen MR) is 353 cm³/mol. The summed E-state index contributed by atoms with van der Waals surface area (Å²) in [6.45, 7) is 6.51. The van der Waals surface area contributed by atoms with Crippen molar-refractivity contribution in [3.05, 3.63) is 85.1 Å². The van der Waals surface area contributed by atoms with Crippen LogP contribution in [0.2, 0.25) is 0 Å². The number of esters is 3. The zero-order valence-corrected chi connectivity index (χ0v) is 53.8.